The number of rotatable bonds is 6. The molecule has 6 nitrogen and oxygen atoms in total. The third kappa shape index (κ3) is 4.23. The SMILES string of the molecule is CCOc1ccc(-n2c(C)cc(/C=N/NC(=O)c3ccncc3)c2C)cc1. The van der Waals surface area contributed by atoms with Gasteiger partial charge in [0.2, 0.25) is 0 Å². The van der Waals surface area contributed by atoms with E-state index in [0.29, 0.717) is 12.2 Å². The van der Waals surface area contributed by atoms with Crippen molar-refractivity contribution in [1.82, 2.24) is 15.0 Å². The molecular weight excluding hydrogens is 340 g/mol. The van der Waals surface area contributed by atoms with Gasteiger partial charge in [0, 0.05) is 40.6 Å². The van der Waals surface area contributed by atoms with Crippen LogP contribution < -0.4 is 10.2 Å². The second kappa shape index (κ2) is 8.31. The Balaban J connectivity index is 1.76. The number of aryl methyl sites for hydroxylation is 1. The molecule has 2 heterocycles. The molecule has 6 heteroatoms. The second-order valence-electron chi connectivity index (χ2n) is 6.02. The molecule has 138 valence electrons. The lowest BCUT2D eigenvalue weighted by Gasteiger charge is -2.10. The summed E-state index contributed by atoms with van der Waals surface area (Å²) < 4.78 is 7.64. The van der Waals surface area contributed by atoms with E-state index in [2.05, 4.69) is 20.1 Å². The predicted molar refractivity (Wildman–Crippen MR) is 106 cm³/mol. The lowest BCUT2D eigenvalue weighted by molar-refractivity contribution is 0.0955. The summed E-state index contributed by atoms with van der Waals surface area (Å²) >= 11 is 0. The molecule has 2 aromatic heterocycles. The zero-order valence-corrected chi connectivity index (χ0v) is 15.6. The fourth-order valence-corrected chi connectivity index (χ4v) is 2.90. The molecule has 0 unspecified atom stereocenters. The topological polar surface area (TPSA) is 68.5 Å². The van der Waals surface area contributed by atoms with Crippen molar-refractivity contribution in [2.75, 3.05) is 6.61 Å². The number of hydrogen-bond acceptors (Lipinski definition) is 4. The summed E-state index contributed by atoms with van der Waals surface area (Å²) in [7, 11) is 0. The summed E-state index contributed by atoms with van der Waals surface area (Å²) in [4.78, 5) is 15.9. The highest BCUT2D eigenvalue weighted by atomic mass is 16.5. The zero-order chi connectivity index (χ0) is 19.2. The monoisotopic (exact) mass is 362 g/mol. The molecule has 1 amide bonds. The van der Waals surface area contributed by atoms with Gasteiger partial charge in [-0.2, -0.15) is 5.10 Å². The molecule has 0 saturated heterocycles. The predicted octanol–water partition coefficient (Wildman–Crippen LogP) is 3.65. The molecule has 0 aliphatic carbocycles. The molecule has 1 N–H and O–H groups in total. The Morgan fingerprint density at radius 2 is 1.89 bits per heavy atom. The van der Waals surface area contributed by atoms with Crippen LogP contribution in [0.1, 0.15) is 34.2 Å². The standard InChI is InChI=1S/C21H22N4O2/c1-4-27-20-7-5-19(6-8-20)25-15(2)13-18(16(25)3)14-23-24-21(26)17-9-11-22-12-10-17/h5-14H,4H2,1-3H3,(H,24,26)/b23-14+. The van der Waals surface area contributed by atoms with Gasteiger partial charge in [-0.05, 0) is 63.2 Å². The Kier molecular flexibility index (Phi) is 5.66. The van der Waals surface area contributed by atoms with Crippen LogP contribution in [0.25, 0.3) is 5.69 Å². The van der Waals surface area contributed by atoms with E-state index >= 15 is 0 Å². The van der Waals surface area contributed by atoms with Gasteiger partial charge in [-0.3, -0.25) is 9.78 Å². The van der Waals surface area contributed by atoms with Crippen LogP contribution >= 0.6 is 0 Å². The lowest BCUT2D eigenvalue weighted by atomic mass is 10.2. The van der Waals surface area contributed by atoms with Gasteiger partial charge in [0.1, 0.15) is 5.75 Å². The first kappa shape index (κ1) is 18.4. The van der Waals surface area contributed by atoms with Crippen molar-refractivity contribution in [2.45, 2.75) is 20.8 Å². The minimum atomic E-state index is -0.269. The highest BCUT2D eigenvalue weighted by Crippen LogP contribution is 2.22. The average molecular weight is 362 g/mol. The van der Waals surface area contributed by atoms with Crippen molar-refractivity contribution in [3.05, 3.63) is 77.4 Å². The van der Waals surface area contributed by atoms with E-state index < -0.39 is 0 Å². The fourth-order valence-electron chi connectivity index (χ4n) is 2.90. The Labute approximate surface area is 158 Å². The summed E-state index contributed by atoms with van der Waals surface area (Å²) in [6.45, 7) is 6.67. The van der Waals surface area contributed by atoms with Crippen LogP contribution in [0.2, 0.25) is 0 Å². The first-order valence-corrected chi connectivity index (χ1v) is 8.75. The molecule has 0 radical (unpaired) electrons. The van der Waals surface area contributed by atoms with Gasteiger partial charge < -0.3 is 9.30 Å². The van der Waals surface area contributed by atoms with Crippen LogP contribution in [0.3, 0.4) is 0 Å². The van der Waals surface area contributed by atoms with Gasteiger partial charge in [0.15, 0.2) is 0 Å². The summed E-state index contributed by atoms with van der Waals surface area (Å²) in [5.41, 5.74) is 7.17. The average Bonchev–Trinajstić information content (AvgIpc) is 2.97. The Morgan fingerprint density at radius 1 is 1.19 bits per heavy atom. The minimum Gasteiger partial charge on any atom is -0.494 e. The number of benzene rings is 1. The third-order valence-corrected chi connectivity index (χ3v) is 4.19. The summed E-state index contributed by atoms with van der Waals surface area (Å²) in [6.07, 6.45) is 4.80. The number of hydrogen-bond donors (Lipinski definition) is 1. The molecule has 0 aliphatic rings. The maximum Gasteiger partial charge on any atom is 0.271 e. The smallest absolute Gasteiger partial charge is 0.271 e. The van der Waals surface area contributed by atoms with Crippen LogP contribution in [0.5, 0.6) is 5.75 Å². The number of aromatic nitrogens is 2. The number of pyridine rings is 1. The molecule has 3 rings (SSSR count). The summed E-state index contributed by atoms with van der Waals surface area (Å²) in [5, 5.41) is 4.09. The maximum atomic E-state index is 12.0. The van der Waals surface area contributed by atoms with Gasteiger partial charge in [-0.1, -0.05) is 0 Å². The number of nitrogens with zero attached hydrogens (tertiary/aromatic N) is 3. The lowest BCUT2D eigenvalue weighted by Crippen LogP contribution is -2.17. The van der Waals surface area contributed by atoms with Crippen molar-refractivity contribution < 1.29 is 9.53 Å². The van der Waals surface area contributed by atoms with Crippen LogP contribution in [0.15, 0.2) is 60.0 Å². The van der Waals surface area contributed by atoms with Crippen LogP contribution in [0.4, 0.5) is 0 Å². The number of hydrazone groups is 1. The molecule has 1 aromatic carbocycles. The summed E-state index contributed by atoms with van der Waals surface area (Å²) in [5.74, 6) is 0.582. The number of carbonyl (C=O) groups is 1. The van der Waals surface area contributed by atoms with E-state index in [9.17, 15) is 4.79 Å². The van der Waals surface area contributed by atoms with E-state index in [1.54, 1.807) is 30.7 Å². The van der Waals surface area contributed by atoms with Crippen LogP contribution in [-0.2, 0) is 0 Å². The first-order valence-electron chi connectivity index (χ1n) is 8.75. The third-order valence-electron chi connectivity index (χ3n) is 4.19. The molecule has 27 heavy (non-hydrogen) atoms. The van der Waals surface area contributed by atoms with Crippen molar-refractivity contribution >= 4 is 12.1 Å². The van der Waals surface area contributed by atoms with E-state index in [4.69, 9.17) is 4.74 Å². The van der Waals surface area contributed by atoms with E-state index in [-0.39, 0.29) is 5.91 Å². The molecule has 0 atom stereocenters. The summed E-state index contributed by atoms with van der Waals surface area (Å²) in [6, 6.07) is 13.3. The van der Waals surface area contributed by atoms with E-state index in [0.717, 1.165) is 28.4 Å². The first-order chi connectivity index (χ1) is 13.1. The largest absolute Gasteiger partial charge is 0.494 e. The minimum absolute atomic E-state index is 0.269. The molecular formula is C21H22N4O2. The Hall–Kier alpha value is -3.41. The molecule has 0 saturated carbocycles. The van der Waals surface area contributed by atoms with Gasteiger partial charge in [0.05, 0.1) is 12.8 Å². The van der Waals surface area contributed by atoms with Crippen molar-refractivity contribution in [3.8, 4) is 11.4 Å². The van der Waals surface area contributed by atoms with Gasteiger partial charge in [-0.15, -0.1) is 0 Å². The van der Waals surface area contributed by atoms with Crippen molar-refractivity contribution in [3.63, 3.8) is 0 Å². The zero-order valence-electron chi connectivity index (χ0n) is 15.6. The molecule has 0 spiro atoms. The van der Waals surface area contributed by atoms with Gasteiger partial charge >= 0.3 is 0 Å². The van der Waals surface area contributed by atoms with Gasteiger partial charge in [0.25, 0.3) is 5.91 Å². The quantitative estimate of drug-likeness (QED) is 0.537. The molecule has 0 bridgehead atoms. The fraction of sp³-hybridized carbons (Fsp3) is 0.190. The highest BCUT2D eigenvalue weighted by Gasteiger charge is 2.10. The normalized spacial score (nSPS) is 10.9. The van der Waals surface area contributed by atoms with E-state index in [1.165, 1.54) is 0 Å². The van der Waals surface area contributed by atoms with Crippen LogP contribution in [0, 0.1) is 13.8 Å². The number of amides is 1. The highest BCUT2D eigenvalue weighted by molar-refractivity contribution is 5.94. The van der Waals surface area contributed by atoms with Crippen LogP contribution in [-0.4, -0.2) is 28.3 Å². The number of carbonyl (C=O) groups excluding carboxylic acids is 1. The Morgan fingerprint density at radius 3 is 2.56 bits per heavy atom. The molecule has 3 aromatic rings. The van der Waals surface area contributed by atoms with Gasteiger partial charge in [-0.25, -0.2) is 5.43 Å². The number of nitrogens with one attached hydrogen (secondary N) is 1. The molecule has 0 aliphatic heterocycles. The number of ether oxygens (including phenoxy) is 1. The van der Waals surface area contributed by atoms with Crippen molar-refractivity contribution in [1.29, 1.82) is 0 Å². The Bertz CT molecular complexity index is 944. The maximum absolute atomic E-state index is 12.0. The second-order valence-corrected chi connectivity index (χ2v) is 6.02. The molecule has 0 fully saturated rings. The van der Waals surface area contributed by atoms with Crippen molar-refractivity contribution in [2.24, 2.45) is 5.10 Å². The van der Waals surface area contributed by atoms with E-state index in [1.807, 2.05) is 51.1 Å².